The van der Waals surface area contributed by atoms with E-state index in [9.17, 15) is 14.4 Å². The minimum absolute atomic E-state index is 0.0236. The summed E-state index contributed by atoms with van der Waals surface area (Å²) in [4.78, 5) is 38.3. The predicted molar refractivity (Wildman–Crippen MR) is 157 cm³/mol. The lowest BCUT2D eigenvalue weighted by Crippen LogP contribution is -2.51. The molecule has 1 aliphatic heterocycles. The van der Waals surface area contributed by atoms with E-state index >= 15 is 0 Å². The van der Waals surface area contributed by atoms with Crippen LogP contribution in [-0.4, -0.2) is 82.4 Å². The lowest BCUT2D eigenvalue weighted by atomic mass is 9.94. The Morgan fingerprint density at radius 3 is 2.10 bits per heavy atom. The molecular formula is C33H45NO7. The van der Waals surface area contributed by atoms with Crippen molar-refractivity contribution in [2.45, 2.75) is 51.4 Å². The predicted octanol–water partition coefficient (Wildman–Crippen LogP) is 4.22. The molecule has 0 unspecified atom stereocenters. The fourth-order valence-corrected chi connectivity index (χ4v) is 4.74. The Morgan fingerprint density at radius 1 is 0.756 bits per heavy atom. The van der Waals surface area contributed by atoms with E-state index in [1.165, 1.54) is 11.1 Å². The summed E-state index contributed by atoms with van der Waals surface area (Å²) in [5.74, 6) is -0.0921. The van der Waals surface area contributed by atoms with Crippen LogP contribution in [0.15, 0.2) is 54.6 Å². The number of unbranched alkanes of at least 4 members (excludes halogenated alkanes) is 1. The molecule has 1 saturated heterocycles. The van der Waals surface area contributed by atoms with Gasteiger partial charge in [0.15, 0.2) is 5.78 Å². The van der Waals surface area contributed by atoms with Gasteiger partial charge in [0.25, 0.3) is 0 Å². The number of esters is 1. The first kappa shape index (κ1) is 32.4. The summed E-state index contributed by atoms with van der Waals surface area (Å²) in [5.41, 5.74) is 3.58. The van der Waals surface area contributed by atoms with Crippen molar-refractivity contribution in [1.82, 2.24) is 4.90 Å². The van der Waals surface area contributed by atoms with Crippen molar-refractivity contribution in [2.24, 2.45) is 5.92 Å². The minimum atomic E-state index is -0.349. The molecule has 224 valence electrons. The third-order valence-electron chi connectivity index (χ3n) is 7.17. The topological polar surface area (TPSA) is 91.4 Å². The van der Waals surface area contributed by atoms with Crippen LogP contribution < -0.4 is 0 Å². The number of hydrogen-bond acceptors (Lipinski definition) is 7. The van der Waals surface area contributed by atoms with E-state index in [1.807, 2.05) is 18.2 Å². The van der Waals surface area contributed by atoms with Crippen molar-refractivity contribution in [2.75, 3.05) is 59.8 Å². The average Bonchev–Trinajstić information content (AvgIpc) is 2.96. The number of carbonyl (C=O) groups excluding carboxylic acids is 3. The van der Waals surface area contributed by atoms with Crippen LogP contribution in [0.4, 0.5) is 0 Å². The van der Waals surface area contributed by atoms with Crippen LogP contribution in [0, 0.1) is 5.92 Å². The molecular weight excluding hydrogens is 522 g/mol. The maximum Gasteiger partial charge on any atom is 0.306 e. The molecule has 1 heterocycles. The molecule has 2 aromatic carbocycles. The summed E-state index contributed by atoms with van der Waals surface area (Å²) >= 11 is 0. The van der Waals surface area contributed by atoms with Crippen molar-refractivity contribution in [3.8, 4) is 0 Å². The summed E-state index contributed by atoms with van der Waals surface area (Å²) in [6.07, 6.45) is 6.46. The van der Waals surface area contributed by atoms with Crippen LogP contribution in [0.3, 0.4) is 0 Å². The lowest BCUT2D eigenvalue weighted by molar-refractivity contribution is -0.148. The number of ketones is 1. The largest absolute Gasteiger partial charge is 0.458 e. The van der Waals surface area contributed by atoms with Crippen LogP contribution in [0.25, 0.3) is 0 Å². The Bertz CT molecular complexity index is 1040. The van der Waals surface area contributed by atoms with E-state index in [-0.39, 0.29) is 43.7 Å². The second kappa shape index (κ2) is 19.1. The van der Waals surface area contributed by atoms with Crippen LogP contribution in [0.1, 0.15) is 48.8 Å². The molecule has 0 saturated carbocycles. The smallest absolute Gasteiger partial charge is 0.306 e. The number of Topliss-reactive ketones (excluding diaryl/α,β-unsaturated/α-hetero) is 1. The molecule has 41 heavy (non-hydrogen) atoms. The molecule has 1 amide bonds. The van der Waals surface area contributed by atoms with Crippen molar-refractivity contribution in [3.63, 3.8) is 0 Å². The van der Waals surface area contributed by atoms with Crippen molar-refractivity contribution < 1.29 is 33.3 Å². The fraction of sp³-hybridized carbons (Fsp3) is 0.545. The number of aryl methyl sites for hydroxylation is 2. The third-order valence-corrected chi connectivity index (χ3v) is 7.17. The van der Waals surface area contributed by atoms with Gasteiger partial charge in [-0.05, 0) is 61.1 Å². The van der Waals surface area contributed by atoms with E-state index in [1.54, 1.807) is 12.0 Å². The van der Waals surface area contributed by atoms with Gasteiger partial charge in [-0.1, -0.05) is 54.6 Å². The maximum atomic E-state index is 12.3. The fourth-order valence-electron chi connectivity index (χ4n) is 4.74. The number of ether oxygens (including phenoxy) is 4. The number of hydrogen-bond donors (Lipinski definition) is 0. The first-order chi connectivity index (χ1) is 20.0. The Hall–Kier alpha value is -3.07. The highest BCUT2D eigenvalue weighted by Crippen LogP contribution is 2.21. The van der Waals surface area contributed by atoms with E-state index in [4.69, 9.17) is 18.9 Å². The second-order valence-corrected chi connectivity index (χ2v) is 10.6. The van der Waals surface area contributed by atoms with Crippen molar-refractivity contribution in [1.29, 1.82) is 0 Å². The first-order valence-corrected chi connectivity index (χ1v) is 14.7. The number of likely N-dealkylation sites (tertiary alicyclic amines) is 1. The van der Waals surface area contributed by atoms with Crippen LogP contribution in [0.2, 0.25) is 0 Å². The zero-order valence-electron chi connectivity index (χ0n) is 24.4. The van der Waals surface area contributed by atoms with Crippen LogP contribution in [-0.2, 0) is 52.6 Å². The molecule has 1 fully saturated rings. The van der Waals surface area contributed by atoms with Crippen molar-refractivity contribution >= 4 is 17.7 Å². The van der Waals surface area contributed by atoms with Gasteiger partial charge >= 0.3 is 5.97 Å². The van der Waals surface area contributed by atoms with Crippen LogP contribution >= 0.6 is 0 Å². The average molecular weight is 568 g/mol. The molecule has 0 bridgehead atoms. The van der Waals surface area contributed by atoms with Gasteiger partial charge < -0.3 is 23.8 Å². The quantitative estimate of drug-likeness (QED) is 0.165. The number of rotatable bonds is 21. The zero-order valence-corrected chi connectivity index (χ0v) is 24.4. The normalized spacial score (nSPS) is 13.1. The van der Waals surface area contributed by atoms with Gasteiger partial charge in [-0.25, -0.2) is 0 Å². The van der Waals surface area contributed by atoms with Gasteiger partial charge in [0.2, 0.25) is 5.91 Å². The third kappa shape index (κ3) is 13.4. The minimum Gasteiger partial charge on any atom is -0.458 e. The molecule has 3 rings (SSSR count). The highest BCUT2D eigenvalue weighted by molar-refractivity contribution is 5.84. The highest BCUT2D eigenvalue weighted by atomic mass is 16.5. The Balaban J connectivity index is 1.17. The maximum absolute atomic E-state index is 12.3. The summed E-state index contributed by atoms with van der Waals surface area (Å²) in [7, 11) is 1.62. The second-order valence-electron chi connectivity index (χ2n) is 10.6. The summed E-state index contributed by atoms with van der Waals surface area (Å²) < 4.78 is 20.7. The van der Waals surface area contributed by atoms with E-state index in [2.05, 4.69) is 36.4 Å². The molecule has 0 N–H and O–H groups in total. The SMILES string of the molecule is COCCOCCOCC(=O)N1CC(CCCC(=O)OCC(=O)Cc2ccc(CCCCc3ccccc3)cc2)C1. The molecule has 0 aromatic heterocycles. The summed E-state index contributed by atoms with van der Waals surface area (Å²) in [5, 5.41) is 0. The number of nitrogens with zero attached hydrogens (tertiary/aromatic N) is 1. The standard InChI is InChI=1S/C33H45NO7/c1-38-18-19-39-20-21-40-26-32(36)34-23-30(24-34)12-7-13-33(37)41-25-31(35)22-29-16-14-28(15-17-29)11-6-5-10-27-8-3-2-4-9-27/h2-4,8-9,14-17,30H,5-7,10-13,18-26H2,1H3. The molecule has 0 atom stereocenters. The van der Waals surface area contributed by atoms with Crippen molar-refractivity contribution in [3.05, 3.63) is 71.3 Å². The molecule has 1 aliphatic rings. The van der Waals surface area contributed by atoms with Crippen LogP contribution in [0.5, 0.6) is 0 Å². The highest BCUT2D eigenvalue weighted by Gasteiger charge is 2.30. The molecule has 0 aliphatic carbocycles. The number of methoxy groups -OCH3 is 1. The number of amides is 1. The molecule has 0 radical (unpaired) electrons. The Labute approximate surface area is 244 Å². The zero-order chi connectivity index (χ0) is 29.1. The van der Waals surface area contributed by atoms with Gasteiger partial charge in [0, 0.05) is 33.0 Å². The first-order valence-electron chi connectivity index (χ1n) is 14.7. The molecule has 8 nitrogen and oxygen atoms in total. The number of benzene rings is 2. The van der Waals surface area contributed by atoms with E-state index in [0.717, 1.165) is 37.7 Å². The molecule has 0 spiro atoms. The van der Waals surface area contributed by atoms with Gasteiger partial charge in [-0.2, -0.15) is 0 Å². The van der Waals surface area contributed by atoms with E-state index < -0.39 is 0 Å². The van der Waals surface area contributed by atoms with Gasteiger partial charge in [-0.3, -0.25) is 14.4 Å². The molecule has 2 aromatic rings. The lowest BCUT2D eigenvalue weighted by Gasteiger charge is -2.39. The Morgan fingerprint density at radius 2 is 1.39 bits per heavy atom. The van der Waals surface area contributed by atoms with Gasteiger partial charge in [-0.15, -0.1) is 0 Å². The summed E-state index contributed by atoms with van der Waals surface area (Å²) in [6, 6.07) is 18.7. The van der Waals surface area contributed by atoms with E-state index in [0.29, 0.717) is 51.9 Å². The molecule has 8 heteroatoms. The van der Waals surface area contributed by atoms with Gasteiger partial charge in [0.1, 0.15) is 13.2 Å². The number of carbonyl (C=O) groups is 3. The monoisotopic (exact) mass is 567 g/mol. The van der Waals surface area contributed by atoms with Gasteiger partial charge in [0.05, 0.1) is 26.4 Å². The summed E-state index contributed by atoms with van der Waals surface area (Å²) in [6.45, 7) is 3.10. The Kier molecular flexibility index (Phi) is 15.1.